The van der Waals surface area contributed by atoms with E-state index >= 15 is 0 Å². The van der Waals surface area contributed by atoms with Gasteiger partial charge < -0.3 is 38.5 Å². The van der Waals surface area contributed by atoms with E-state index in [2.05, 4.69) is 60.3 Å². The van der Waals surface area contributed by atoms with Gasteiger partial charge in [-0.25, -0.2) is 4.98 Å². The van der Waals surface area contributed by atoms with Crippen LogP contribution >= 0.6 is 23.1 Å². The van der Waals surface area contributed by atoms with Gasteiger partial charge in [0.1, 0.15) is 25.2 Å². The number of rotatable bonds is 18. The van der Waals surface area contributed by atoms with E-state index in [1.54, 1.807) is 30.2 Å². The first-order valence-corrected chi connectivity index (χ1v) is 17.3. The molecule has 4 rings (SSSR count). The van der Waals surface area contributed by atoms with Gasteiger partial charge in [-0.2, -0.15) is 0 Å². The van der Waals surface area contributed by atoms with E-state index in [-0.39, 0.29) is 17.0 Å². The van der Waals surface area contributed by atoms with E-state index in [1.165, 1.54) is 0 Å². The number of carbonyl (C=O) groups excluding carboxylic acids is 1. The van der Waals surface area contributed by atoms with Crippen LogP contribution in [0.25, 0.3) is 21.1 Å². The Morgan fingerprint density at radius 1 is 0.809 bits per heavy atom. The molecule has 0 aliphatic rings. The molecule has 4 aromatic rings. The number of hydrogen-bond acceptors (Lipinski definition) is 12. The van der Waals surface area contributed by atoms with Crippen LogP contribution in [0, 0.1) is 0 Å². The maximum Gasteiger partial charge on any atom is 0.145 e. The molecule has 0 saturated carbocycles. The highest BCUT2D eigenvalue weighted by Crippen LogP contribution is 2.41. The fourth-order valence-electron chi connectivity index (χ4n) is 3.88. The van der Waals surface area contributed by atoms with E-state index < -0.39 is 0 Å². The molecule has 47 heavy (non-hydrogen) atoms. The highest BCUT2D eigenvalue weighted by atomic mass is 32.2. The number of hydrogen-bond donors (Lipinski definition) is 1. The Morgan fingerprint density at radius 2 is 1.45 bits per heavy atom. The molecule has 2 aromatic carbocycles. The van der Waals surface area contributed by atoms with Crippen molar-refractivity contribution in [3.63, 3.8) is 0 Å². The number of anilines is 2. The summed E-state index contributed by atoms with van der Waals surface area (Å²) < 4.78 is 33.8. The molecule has 2 heterocycles. The van der Waals surface area contributed by atoms with Crippen molar-refractivity contribution in [1.82, 2.24) is 9.97 Å². The lowest BCUT2D eigenvalue weighted by Crippen LogP contribution is -2.15. The summed E-state index contributed by atoms with van der Waals surface area (Å²) >= 11 is 3.40. The van der Waals surface area contributed by atoms with Crippen molar-refractivity contribution in [3.05, 3.63) is 48.1 Å². The van der Waals surface area contributed by atoms with Crippen LogP contribution < -0.4 is 10.1 Å². The Bertz CT molecular complexity index is 1500. The van der Waals surface area contributed by atoms with Crippen molar-refractivity contribution < 1.29 is 33.2 Å². The Labute approximate surface area is 286 Å². The summed E-state index contributed by atoms with van der Waals surface area (Å²) in [5.41, 5.74) is 5.70. The molecule has 0 saturated heterocycles. The monoisotopic (exact) mass is 687 g/mol. The minimum absolute atomic E-state index is 0.00265. The lowest BCUT2D eigenvalue weighted by molar-refractivity contribution is -0.112. The first-order valence-electron chi connectivity index (χ1n) is 15.6. The number of thiazole rings is 1. The fourth-order valence-corrected chi connectivity index (χ4v) is 5.59. The standard InChI is InChI=1S/C30H37N3O6S2.C5H12O/c1-30(2,3)41-29-19-23-24(33-22-4-5-28-26(18-22)32-21-40-28)6-7-31-25(23)20-27(29)39-17-16-38-15-14-37-13-12-36-11-10-35-9-8-34;1-5(2,3)6-4/h4-8,18-21H,9-17H2,1-3H3,(H,31,33);1-4H3. The molecule has 0 spiro atoms. The largest absolute Gasteiger partial charge is 0.490 e. The number of carbonyl (C=O) groups is 1. The second-order valence-corrected chi connectivity index (χ2v) is 15.0. The summed E-state index contributed by atoms with van der Waals surface area (Å²) in [5.74, 6) is 0.792. The number of pyridine rings is 1. The summed E-state index contributed by atoms with van der Waals surface area (Å²) in [4.78, 5) is 20.3. The quantitative estimate of drug-likeness (QED) is 0.0636. The van der Waals surface area contributed by atoms with Crippen LogP contribution in [0.1, 0.15) is 41.5 Å². The predicted molar refractivity (Wildman–Crippen MR) is 192 cm³/mol. The van der Waals surface area contributed by atoms with E-state index in [1.807, 2.05) is 44.6 Å². The molecular formula is C35H49N3O7S2. The Morgan fingerprint density at radius 3 is 2.06 bits per heavy atom. The minimum Gasteiger partial charge on any atom is -0.490 e. The zero-order valence-corrected chi connectivity index (χ0v) is 30.3. The number of nitrogens with zero attached hydrogens (tertiary/aromatic N) is 2. The first-order chi connectivity index (χ1) is 22.5. The molecule has 0 amide bonds. The van der Waals surface area contributed by atoms with E-state index in [4.69, 9.17) is 28.4 Å². The van der Waals surface area contributed by atoms with Crippen molar-refractivity contribution in [2.45, 2.75) is 56.8 Å². The van der Waals surface area contributed by atoms with Gasteiger partial charge in [-0.15, -0.1) is 23.1 Å². The molecule has 0 radical (unpaired) electrons. The molecule has 258 valence electrons. The molecule has 12 heteroatoms. The van der Waals surface area contributed by atoms with Gasteiger partial charge in [-0.05, 0) is 51.1 Å². The van der Waals surface area contributed by atoms with Gasteiger partial charge in [0.05, 0.1) is 78.0 Å². The van der Waals surface area contributed by atoms with Crippen LogP contribution in [0.5, 0.6) is 5.75 Å². The molecule has 1 N–H and O–H groups in total. The molecule has 0 aliphatic carbocycles. The Hall–Kier alpha value is -2.84. The average molecular weight is 688 g/mol. The number of nitrogens with one attached hydrogen (secondary N) is 1. The van der Waals surface area contributed by atoms with E-state index in [0.29, 0.717) is 52.9 Å². The average Bonchev–Trinajstić information content (AvgIpc) is 3.49. The normalized spacial score (nSPS) is 11.8. The third-order valence-electron chi connectivity index (χ3n) is 6.23. The summed E-state index contributed by atoms with van der Waals surface area (Å²) in [6.45, 7) is 16.3. The first kappa shape index (κ1) is 38.6. The zero-order valence-electron chi connectivity index (χ0n) is 28.6. The molecule has 0 aliphatic heterocycles. The van der Waals surface area contributed by atoms with Crippen molar-refractivity contribution >= 4 is 61.9 Å². The van der Waals surface area contributed by atoms with Crippen molar-refractivity contribution in [2.24, 2.45) is 0 Å². The molecule has 0 unspecified atom stereocenters. The lowest BCUT2D eigenvalue weighted by atomic mass is 10.1. The predicted octanol–water partition coefficient (Wildman–Crippen LogP) is 7.55. The van der Waals surface area contributed by atoms with E-state index in [9.17, 15) is 4.79 Å². The third kappa shape index (κ3) is 14.9. The zero-order chi connectivity index (χ0) is 34.1. The van der Waals surface area contributed by atoms with Gasteiger partial charge in [0.25, 0.3) is 0 Å². The van der Waals surface area contributed by atoms with Gasteiger partial charge in [0.2, 0.25) is 0 Å². The van der Waals surface area contributed by atoms with Crippen molar-refractivity contribution in [3.8, 4) is 5.75 Å². The van der Waals surface area contributed by atoms with E-state index in [0.717, 1.165) is 49.4 Å². The van der Waals surface area contributed by atoms with Crippen LogP contribution in [-0.2, 0) is 28.5 Å². The maximum absolute atomic E-state index is 10.2. The minimum atomic E-state index is -0.00265. The van der Waals surface area contributed by atoms with Gasteiger partial charge >= 0.3 is 0 Å². The molecule has 10 nitrogen and oxygen atoms in total. The third-order valence-corrected chi connectivity index (χ3v) is 8.19. The second-order valence-electron chi connectivity index (χ2n) is 12.3. The summed E-state index contributed by atoms with van der Waals surface area (Å²) in [5, 5.41) is 4.58. The van der Waals surface area contributed by atoms with Crippen LogP contribution in [0.3, 0.4) is 0 Å². The van der Waals surface area contributed by atoms with Crippen molar-refractivity contribution in [1.29, 1.82) is 0 Å². The van der Waals surface area contributed by atoms with Crippen LogP contribution in [-0.4, -0.2) is 93.2 Å². The Kier molecular flexibility index (Phi) is 16.3. The number of methoxy groups -OCH3 is 1. The summed E-state index contributed by atoms with van der Waals surface area (Å²) in [6, 6.07) is 12.4. The van der Waals surface area contributed by atoms with Crippen LogP contribution in [0.2, 0.25) is 0 Å². The van der Waals surface area contributed by atoms with Gasteiger partial charge in [-0.1, -0.05) is 20.8 Å². The number of aromatic nitrogens is 2. The number of aldehydes is 1. The number of thioether (sulfide) groups is 1. The number of ether oxygens (including phenoxy) is 6. The molecule has 0 atom stereocenters. The van der Waals surface area contributed by atoms with Crippen molar-refractivity contribution in [2.75, 3.05) is 71.9 Å². The fraction of sp³-hybridized carbons (Fsp3) is 0.514. The van der Waals surface area contributed by atoms with Crippen LogP contribution in [0.4, 0.5) is 11.4 Å². The maximum atomic E-state index is 10.2. The number of benzene rings is 2. The highest BCUT2D eigenvalue weighted by Gasteiger charge is 2.18. The van der Waals surface area contributed by atoms with Gasteiger partial charge in [0.15, 0.2) is 0 Å². The van der Waals surface area contributed by atoms with Crippen LogP contribution in [0.15, 0.2) is 53.0 Å². The molecule has 0 fully saturated rings. The summed E-state index contributed by atoms with van der Waals surface area (Å²) in [6.07, 6.45) is 2.53. The SMILES string of the molecule is CC(C)(C)Sc1cc2c(Nc3ccc4scnc4c3)ccnc2cc1OCCOCCOCCOCCOCC=O.COC(C)(C)C. The Balaban J connectivity index is 0.000000913. The highest BCUT2D eigenvalue weighted by molar-refractivity contribution is 8.00. The smallest absolute Gasteiger partial charge is 0.145 e. The van der Waals surface area contributed by atoms with Gasteiger partial charge in [0, 0.05) is 40.9 Å². The van der Waals surface area contributed by atoms with Gasteiger partial charge in [-0.3, -0.25) is 4.98 Å². The number of fused-ring (bicyclic) bond motifs is 2. The molecule has 0 bridgehead atoms. The second kappa shape index (κ2) is 19.9. The summed E-state index contributed by atoms with van der Waals surface area (Å²) in [7, 11) is 1.71. The molecular weight excluding hydrogens is 639 g/mol. The lowest BCUT2D eigenvalue weighted by Gasteiger charge is -2.21. The topological polar surface area (TPSA) is 110 Å². The molecule has 2 aromatic heterocycles.